The Morgan fingerprint density at radius 3 is 1.50 bits per heavy atom. The van der Waals surface area contributed by atoms with Crippen LogP contribution in [0.4, 0.5) is 0 Å². The fourth-order valence-corrected chi connectivity index (χ4v) is 2.09. The first-order chi connectivity index (χ1) is 7.81. The molecule has 0 unspecified atom stereocenters. The van der Waals surface area contributed by atoms with Crippen LogP contribution in [-0.4, -0.2) is 27.2 Å². The number of hydrogen-bond acceptors (Lipinski definition) is 2. The SMILES string of the molecule is CNCCCCCC(C)CCCCCNC. The van der Waals surface area contributed by atoms with Gasteiger partial charge in [-0.15, -0.1) is 0 Å². The van der Waals surface area contributed by atoms with E-state index in [0.717, 1.165) is 5.92 Å². The summed E-state index contributed by atoms with van der Waals surface area (Å²) in [4.78, 5) is 0. The third-order valence-electron chi connectivity index (χ3n) is 3.25. The lowest BCUT2D eigenvalue weighted by molar-refractivity contribution is 0.436. The zero-order valence-corrected chi connectivity index (χ0v) is 11.6. The average Bonchev–Trinajstić information content (AvgIpc) is 2.28. The number of unbranched alkanes of at least 4 members (excludes halogenated alkanes) is 4. The molecular formula is C14H32N2. The summed E-state index contributed by atoms with van der Waals surface area (Å²) >= 11 is 0. The van der Waals surface area contributed by atoms with Crippen molar-refractivity contribution in [3.8, 4) is 0 Å². The van der Waals surface area contributed by atoms with E-state index in [1.165, 1.54) is 64.5 Å². The summed E-state index contributed by atoms with van der Waals surface area (Å²) in [6, 6.07) is 0. The third-order valence-corrected chi connectivity index (χ3v) is 3.25. The zero-order chi connectivity index (χ0) is 12.1. The van der Waals surface area contributed by atoms with Gasteiger partial charge in [-0.05, 0) is 45.9 Å². The maximum Gasteiger partial charge on any atom is -0.00519 e. The maximum atomic E-state index is 3.20. The van der Waals surface area contributed by atoms with Crippen LogP contribution in [0.3, 0.4) is 0 Å². The van der Waals surface area contributed by atoms with Gasteiger partial charge in [0.25, 0.3) is 0 Å². The first-order valence-corrected chi connectivity index (χ1v) is 7.10. The minimum atomic E-state index is 0.934. The van der Waals surface area contributed by atoms with Gasteiger partial charge in [-0.2, -0.15) is 0 Å². The van der Waals surface area contributed by atoms with Crippen molar-refractivity contribution in [3.05, 3.63) is 0 Å². The molecule has 16 heavy (non-hydrogen) atoms. The fraction of sp³-hybridized carbons (Fsp3) is 1.00. The average molecular weight is 228 g/mol. The molecule has 0 aromatic carbocycles. The number of nitrogens with one attached hydrogen (secondary N) is 2. The van der Waals surface area contributed by atoms with Gasteiger partial charge < -0.3 is 10.6 Å². The van der Waals surface area contributed by atoms with E-state index in [-0.39, 0.29) is 0 Å². The van der Waals surface area contributed by atoms with Crippen LogP contribution in [0, 0.1) is 5.92 Å². The molecule has 0 heterocycles. The minimum absolute atomic E-state index is 0.934. The monoisotopic (exact) mass is 228 g/mol. The quantitative estimate of drug-likeness (QED) is 0.501. The Morgan fingerprint density at radius 1 is 0.688 bits per heavy atom. The molecule has 0 bridgehead atoms. The van der Waals surface area contributed by atoms with Crippen LogP contribution in [0.25, 0.3) is 0 Å². The maximum absolute atomic E-state index is 3.20. The van der Waals surface area contributed by atoms with Gasteiger partial charge in [-0.3, -0.25) is 0 Å². The van der Waals surface area contributed by atoms with E-state index >= 15 is 0 Å². The molecule has 0 rings (SSSR count). The molecule has 0 radical (unpaired) electrons. The Bertz CT molecular complexity index is 112. The molecule has 0 aromatic rings. The molecule has 0 aliphatic heterocycles. The lowest BCUT2D eigenvalue weighted by Crippen LogP contribution is -2.07. The van der Waals surface area contributed by atoms with Crippen LogP contribution in [0.15, 0.2) is 0 Å². The third kappa shape index (κ3) is 12.0. The Hall–Kier alpha value is -0.0800. The molecular weight excluding hydrogens is 196 g/mol. The second-order valence-corrected chi connectivity index (χ2v) is 5.01. The van der Waals surface area contributed by atoms with E-state index in [4.69, 9.17) is 0 Å². The molecule has 0 atom stereocenters. The van der Waals surface area contributed by atoms with Gasteiger partial charge in [0, 0.05) is 0 Å². The van der Waals surface area contributed by atoms with Crippen molar-refractivity contribution in [1.82, 2.24) is 10.6 Å². The smallest absolute Gasteiger partial charge is 0.00519 e. The number of hydrogen-bond donors (Lipinski definition) is 2. The summed E-state index contributed by atoms with van der Waals surface area (Å²) < 4.78 is 0. The van der Waals surface area contributed by atoms with Crippen LogP contribution in [0.1, 0.15) is 58.3 Å². The summed E-state index contributed by atoms with van der Waals surface area (Å²) in [6.07, 6.45) is 11.1. The van der Waals surface area contributed by atoms with Crippen molar-refractivity contribution < 1.29 is 0 Å². The minimum Gasteiger partial charge on any atom is -0.320 e. The molecule has 0 spiro atoms. The summed E-state index contributed by atoms with van der Waals surface area (Å²) in [7, 11) is 4.07. The summed E-state index contributed by atoms with van der Waals surface area (Å²) in [5.41, 5.74) is 0. The van der Waals surface area contributed by atoms with Crippen molar-refractivity contribution in [1.29, 1.82) is 0 Å². The highest BCUT2D eigenvalue weighted by molar-refractivity contribution is 4.56. The zero-order valence-electron chi connectivity index (χ0n) is 11.6. The van der Waals surface area contributed by atoms with Gasteiger partial charge in [-0.1, -0.05) is 45.4 Å². The molecule has 0 aliphatic carbocycles. The summed E-state index contributed by atoms with van der Waals surface area (Å²) in [5, 5.41) is 6.41. The van der Waals surface area contributed by atoms with Crippen LogP contribution >= 0.6 is 0 Å². The van der Waals surface area contributed by atoms with Crippen LogP contribution in [-0.2, 0) is 0 Å². The largest absolute Gasteiger partial charge is 0.320 e. The van der Waals surface area contributed by atoms with Crippen molar-refractivity contribution in [2.45, 2.75) is 58.3 Å². The summed E-state index contributed by atoms with van der Waals surface area (Å²) in [6.45, 7) is 4.77. The van der Waals surface area contributed by atoms with Crippen LogP contribution < -0.4 is 10.6 Å². The molecule has 0 aliphatic rings. The Balaban J connectivity index is 3.09. The molecule has 0 saturated carbocycles. The van der Waals surface area contributed by atoms with Crippen molar-refractivity contribution in [2.24, 2.45) is 5.92 Å². The first kappa shape index (κ1) is 15.9. The molecule has 2 N–H and O–H groups in total. The second-order valence-electron chi connectivity index (χ2n) is 5.01. The topological polar surface area (TPSA) is 24.1 Å². The molecule has 0 aromatic heterocycles. The highest BCUT2D eigenvalue weighted by Crippen LogP contribution is 2.16. The Labute approximate surface area is 103 Å². The van der Waals surface area contributed by atoms with E-state index in [2.05, 4.69) is 17.6 Å². The molecule has 0 fully saturated rings. The molecule has 0 amide bonds. The van der Waals surface area contributed by atoms with Crippen LogP contribution in [0.2, 0.25) is 0 Å². The Morgan fingerprint density at radius 2 is 1.12 bits per heavy atom. The molecule has 0 saturated heterocycles. The van der Waals surface area contributed by atoms with Crippen LogP contribution in [0.5, 0.6) is 0 Å². The van der Waals surface area contributed by atoms with E-state index < -0.39 is 0 Å². The van der Waals surface area contributed by atoms with Gasteiger partial charge in [0.15, 0.2) is 0 Å². The van der Waals surface area contributed by atoms with E-state index in [1.54, 1.807) is 0 Å². The predicted molar refractivity (Wildman–Crippen MR) is 74.0 cm³/mol. The standard InChI is InChI=1S/C14H32N2/c1-14(10-6-4-8-12-15-2)11-7-5-9-13-16-3/h14-16H,4-13H2,1-3H3. The highest BCUT2D eigenvalue weighted by atomic mass is 14.8. The van der Waals surface area contributed by atoms with E-state index in [0.29, 0.717) is 0 Å². The normalized spacial score (nSPS) is 11.2. The van der Waals surface area contributed by atoms with Gasteiger partial charge in [0.2, 0.25) is 0 Å². The van der Waals surface area contributed by atoms with Gasteiger partial charge in [0.1, 0.15) is 0 Å². The molecule has 2 nitrogen and oxygen atoms in total. The second kappa shape index (κ2) is 13.0. The number of rotatable bonds is 12. The van der Waals surface area contributed by atoms with Crippen molar-refractivity contribution in [3.63, 3.8) is 0 Å². The lowest BCUT2D eigenvalue weighted by Gasteiger charge is -2.10. The van der Waals surface area contributed by atoms with E-state index in [9.17, 15) is 0 Å². The van der Waals surface area contributed by atoms with E-state index in [1.807, 2.05) is 14.1 Å². The lowest BCUT2D eigenvalue weighted by atomic mass is 9.97. The first-order valence-electron chi connectivity index (χ1n) is 7.10. The predicted octanol–water partition coefficient (Wildman–Crippen LogP) is 3.18. The molecule has 98 valence electrons. The van der Waals surface area contributed by atoms with Gasteiger partial charge in [-0.25, -0.2) is 0 Å². The van der Waals surface area contributed by atoms with Gasteiger partial charge in [0.05, 0.1) is 0 Å². The summed E-state index contributed by atoms with van der Waals surface area (Å²) in [5.74, 6) is 0.934. The highest BCUT2D eigenvalue weighted by Gasteiger charge is 2.01. The van der Waals surface area contributed by atoms with Crippen molar-refractivity contribution >= 4 is 0 Å². The molecule has 2 heteroatoms. The fourth-order valence-electron chi connectivity index (χ4n) is 2.09. The van der Waals surface area contributed by atoms with Gasteiger partial charge >= 0.3 is 0 Å². The van der Waals surface area contributed by atoms with Crippen molar-refractivity contribution in [2.75, 3.05) is 27.2 Å². The Kier molecular flexibility index (Phi) is 12.9.